The van der Waals surface area contributed by atoms with E-state index in [4.69, 9.17) is 0 Å². The smallest absolute Gasteiger partial charge is 0.422 e. The number of likely N-dealkylation sites (tertiary alicyclic amines) is 1. The van der Waals surface area contributed by atoms with Crippen LogP contribution in [0.25, 0.3) is 0 Å². The molecule has 0 bridgehead atoms. The van der Waals surface area contributed by atoms with Crippen molar-refractivity contribution in [2.24, 2.45) is 5.92 Å². The lowest BCUT2D eigenvalue weighted by Gasteiger charge is -2.26. The normalized spacial score (nSPS) is 18.6. The Kier molecular flexibility index (Phi) is 6.64. The van der Waals surface area contributed by atoms with E-state index in [-0.39, 0.29) is 11.8 Å². The zero-order chi connectivity index (χ0) is 18.4. The van der Waals surface area contributed by atoms with Crippen molar-refractivity contribution in [2.75, 3.05) is 26.2 Å². The first kappa shape index (κ1) is 19.5. The zero-order valence-electron chi connectivity index (χ0n) is 14.5. The molecule has 1 atom stereocenters. The van der Waals surface area contributed by atoms with Crippen LogP contribution in [0.5, 0.6) is 5.88 Å². The van der Waals surface area contributed by atoms with Crippen LogP contribution in [-0.2, 0) is 0 Å². The molecule has 1 aromatic heterocycles. The Morgan fingerprint density at radius 1 is 1.44 bits per heavy atom. The molecule has 0 spiro atoms. The van der Waals surface area contributed by atoms with Crippen LogP contribution in [0.3, 0.4) is 0 Å². The fourth-order valence-electron chi connectivity index (χ4n) is 2.90. The van der Waals surface area contributed by atoms with Gasteiger partial charge in [0.2, 0.25) is 5.88 Å². The van der Waals surface area contributed by atoms with E-state index in [1.165, 1.54) is 18.3 Å². The lowest BCUT2D eigenvalue weighted by Crippen LogP contribution is -2.41. The summed E-state index contributed by atoms with van der Waals surface area (Å²) in [4.78, 5) is 18.3. The van der Waals surface area contributed by atoms with Crippen molar-refractivity contribution in [3.8, 4) is 5.88 Å². The van der Waals surface area contributed by atoms with E-state index < -0.39 is 12.8 Å². The molecule has 0 aliphatic carbocycles. The number of carbonyl (C=O) groups is 1. The highest BCUT2D eigenvalue weighted by molar-refractivity contribution is 5.93. The molecule has 1 aliphatic rings. The van der Waals surface area contributed by atoms with Crippen LogP contribution in [0.1, 0.15) is 37.0 Å². The molecule has 1 fully saturated rings. The predicted molar refractivity (Wildman–Crippen MR) is 87.6 cm³/mol. The summed E-state index contributed by atoms with van der Waals surface area (Å²) in [6.07, 6.45) is -1.02. The summed E-state index contributed by atoms with van der Waals surface area (Å²) >= 11 is 0. The summed E-state index contributed by atoms with van der Waals surface area (Å²) in [6.45, 7) is 5.54. The molecule has 1 aromatic rings. The van der Waals surface area contributed by atoms with Crippen LogP contribution in [0.15, 0.2) is 18.3 Å². The van der Waals surface area contributed by atoms with Gasteiger partial charge in [-0.05, 0) is 31.4 Å². The highest BCUT2D eigenvalue weighted by atomic mass is 19.4. The number of hydrogen-bond acceptors (Lipinski definition) is 4. The molecule has 1 aliphatic heterocycles. The van der Waals surface area contributed by atoms with Crippen molar-refractivity contribution in [3.05, 3.63) is 23.9 Å². The van der Waals surface area contributed by atoms with E-state index >= 15 is 0 Å². The molecule has 8 heteroatoms. The molecule has 2 rings (SSSR count). The summed E-state index contributed by atoms with van der Waals surface area (Å²) in [5.41, 5.74) is 0.299. The molecule has 1 N–H and O–H groups in total. The Bertz CT molecular complexity index is 561. The van der Waals surface area contributed by atoms with Gasteiger partial charge in [0.25, 0.3) is 5.91 Å². The maximum Gasteiger partial charge on any atom is 0.422 e. The van der Waals surface area contributed by atoms with Gasteiger partial charge in [-0.15, -0.1) is 0 Å². The van der Waals surface area contributed by atoms with Crippen LogP contribution in [0, 0.1) is 5.92 Å². The van der Waals surface area contributed by atoms with Gasteiger partial charge < -0.3 is 10.1 Å². The van der Waals surface area contributed by atoms with Crippen LogP contribution in [-0.4, -0.2) is 54.3 Å². The topological polar surface area (TPSA) is 54.5 Å². The monoisotopic (exact) mass is 359 g/mol. The van der Waals surface area contributed by atoms with E-state index in [0.29, 0.717) is 24.1 Å². The number of rotatable bonds is 7. The second-order valence-corrected chi connectivity index (χ2v) is 6.68. The van der Waals surface area contributed by atoms with Gasteiger partial charge >= 0.3 is 6.18 Å². The number of aromatic nitrogens is 1. The Morgan fingerprint density at radius 3 is 2.80 bits per heavy atom. The van der Waals surface area contributed by atoms with Crippen molar-refractivity contribution in [1.82, 2.24) is 15.2 Å². The molecule has 0 aromatic carbocycles. The molecule has 2 heterocycles. The van der Waals surface area contributed by atoms with Crippen molar-refractivity contribution < 1.29 is 22.7 Å². The highest BCUT2D eigenvalue weighted by Crippen LogP contribution is 2.19. The third kappa shape index (κ3) is 6.53. The second kappa shape index (κ2) is 8.51. The minimum absolute atomic E-state index is 0.159. The molecule has 1 saturated heterocycles. The van der Waals surface area contributed by atoms with Gasteiger partial charge in [0.1, 0.15) is 0 Å². The number of hydrogen-bond donors (Lipinski definition) is 1. The van der Waals surface area contributed by atoms with Gasteiger partial charge in [0.15, 0.2) is 6.61 Å². The lowest BCUT2D eigenvalue weighted by atomic mass is 10.1. The molecule has 5 nitrogen and oxygen atoms in total. The molecular formula is C17H24F3N3O2. The van der Waals surface area contributed by atoms with E-state index in [9.17, 15) is 18.0 Å². The summed E-state index contributed by atoms with van der Waals surface area (Å²) in [6, 6.07) is 3.00. The molecule has 0 radical (unpaired) electrons. The number of ether oxygens (including phenoxy) is 1. The molecule has 1 amide bonds. The van der Waals surface area contributed by atoms with Crippen LogP contribution < -0.4 is 10.1 Å². The first-order valence-corrected chi connectivity index (χ1v) is 8.42. The number of nitrogens with zero attached hydrogens (tertiary/aromatic N) is 2. The summed E-state index contributed by atoms with van der Waals surface area (Å²) < 4.78 is 40.8. The maximum absolute atomic E-state index is 12.2. The Labute approximate surface area is 145 Å². The average molecular weight is 359 g/mol. The van der Waals surface area contributed by atoms with Gasteiger partial charge in [0, 0.05) is 31.4 Å². The van der Waals surface area contributed by atoms with Gasteiger partial charge in [-0.25, -0.2) is 4.98 Å². The van der Waals surface area contributed by atoms with Gasteiger partial charge in [-0.3, -0.25) is 9.69 Å². The summed E-state index contributed by atoms with van der Waals surface area (Å²) in [5, 5.41) is 2.88. The van der Waals surface area contributed by atoms with Crippen molar-refractivity contribution >= 4 is 5.91 Å². The van der Waals surface area contributed by atoms with Gasteiger partial charge in [0.05, 0.1) is 5.56 Å². The van der Waals surface area contributed by atoms with E-state index in [1.54, 1.807) is 0 Å². The zero-order valence-corrected chi connectivity index (χ0v) is 14.5. The minimum Gasteiger partial charge on any atom is -0.468 e. The van der Waals surface area contributed by atoms with Gasteiger partial charge in [-0.1, -0.05) is 13.8 Å². The van der Waals surface area contributed by atoms with Crippen LogP contribution in [0.2, 0.25) is 0 Å². The number of pyridine rings is 1. The summed E-state index contributed by atoms with van der Waals surface area (Å²) in [7, 11) is 0. The number of halogens is 3. The molecule has 140 valence electrons. The average Bonchev–Trinajstić information content (AvgIpc) is 2.97. The molecule has 0 saturated carbocycles. The Morgan fingerprint density at radius 2 is 2.20 bits per heavy atom. The summed E-state index contributed by atoms with van der Waals surface area (Å²) in [5.74, 6) is 0.129. The molecular weight excluding hydrogens is 335 g/mol. The number of alkyl halides is 3. The number of nitrogens with one attached hydrogen (secondary N) is 1. The molecule has 25 heavy (non-hydrogen) atoms. The van der Waals surface area contributed by atoms with E-state index in [0.717, 1.165) is 25.9 Å². The lowest BCUT2D eigenvalue weighted by molar-refractivity contribution is -0.154. The van der Waals surface area contributed by atoms with Crippen LogP contribution >= 0.6 is 0 Å². The van der Waals surface area contributed by atoms with Crippen molar-refractivity contribution in [3.63, 3.8) is 0 Å². The SMILES string of the molecule is CC(C)CN1CCC[C@@H]1CNC(=O)c1ccc(OCC(F)(F)F)nc1. The Hall–Kier alpha value is -1.83. The number of amides is 1. The van der Waals surface area contributed by atoms with Crippen molar-refractivity contribution in [1.29, 1.82) is 0 Å². The number of carbonyl (C=O) groups excluding carboxylic acids is 1. The molecule has 0 unspecified atom stereocenters. The Balaban J connectivity index is 1.82. The second-order valence-electron chi connectivity index (χ2n) is 6.68. The van der Waals surface area contributed by atoms with E-state index in [2.05, 4.69) is 33.8 Å². The van der Waals surface area contributed by atoms with Gasteiger partial charge in [-0.2, -0.15) is 13.2 Å². The largest absolute Gasteiger partial charge is 0.468 e. The highest BCUT2D eigenvalue weighted by Gasteiger charge is 2.28. The standard InChI is InChI=1S/C17H24F3N3O2/c1-12(2)10-23-7-3-4-14(23)9-22-16(24)13-5-6-15(21-8-13)25-11-17(18,19)20/h5-6,8,12,14H,3-4,7,9-11H2,1-2H3,(H,22,24)/t14-/m1/s1. The van der Waals surface area contributed by atoms with E-state index in [1.807, 2.05) is 0 Å². The maximum atomic E-state index is 12.2. The third-order valence-corrected chi connectivity index (χ3v) is 3.98. The first-order chi connectivity index (χ1) is 11.7. The third-order valence-electron chi connectivity index (χ3n) is 3.98. The fraction of sp³-hybridized carbons (Fsp3) is 0.647. The first-order valence-electron chi connectivity index (χ1n) is 8.42. The van der Waals surface area contributed by atoms with Crippen molar-refractivity contribution in [2.45, 2.75) is 38.9 Å². The quantitative estimate of drug-likeness (QED) is 0.813. The fourth-order valence-corrected chi connectivity index (χ4v) is 2.90. The van der Waals surface area contributed by atoms with Crippen LogP contribution in [0.4, 0.5) is 13.2 Å². The predicted octanol–water partition coefficient (Wildman–Crippen LogP) is 2.87. The minimum atomic E-state index is -4.42.